The molecule has 3 aliphatic heterocycles. The highest BCUT2D eigenvalue weighted by Gasteiger charge is 2.42. The quantitative estimate of drug-likeness (QED) is 0.132. The lowest BCUT2D eigenvalue weighted by Gasteiger charge is -2.39. The summed E-state index contributed by atoms with van der Waals surface area (Å²) >= 11 is 0. The smallest absolute Gasteiger partial charge is 0.0841 e. The molecule has 0 bridgehead atoms. The molecule has 0 aromatic heterocycles. The van der Waals surface area contributed by atoms with E-state index in [1.165, 1.54) is 44.8 Å². The lowest BCUT2D eigenvalue weighted by Crippen LogP contribution is -2.52. The van der Waals surface area contributed by atoms with Crippen LogP contribution in [-0.4, -0.2) is 84.6 Å². The minimum Gasteiger partial charge on any atom is -0.390 e. The van der Waals surface area contributed by atoms with Crippen LogP contribution in [0.2, 0.25) is 0 Å². The van der Waals surface area contributed by atoms with Crippen molar-refractivity contribution in [1.29, 1.82) is 0 Å². The van der Waals surface area contributed by atoms with Crippen LogP contribution < -0.4 is 9.80 Å². The van der Waals surface area contributed by atoms with Crippen molar-refractivity contribution < 1.29 is 10.2 Å². The summed E-state index contributed by atoms with van der Waals surface area (Å²) in [7, 11) is 0. The molecular formula is C50H52N4O2. The molecule has 9 rings (SSSR count). The number of benzene rings is 6. The molecule has 6 aromatic rings. The Bertz CT molecular complexity index is 2000. The first kappa shape index (κ1) is 36.4. The molecule has 1 fully saturated rings. The fraction of sp³-hybridized carbons (Fsp3) is 0.280. The van der Waals surface area contributed by atoms with Crippen molar-refractivity contribution in [2.24, 2.45) is 0 Å². The number of hydrogen-bond acceptors (Lipinski definition) is 6. The first-order valence-corrected chi connectivity index (χ1v) is 20.3. The predicted molar refractivity (Wildman–Crippen MR) is 227 cm³/mol. The maximum Gasteiger partial charge on any atom is 0.0841 e. The molecule has 284 valence electrons. The van der Waals surface area contributed by atoms with Crippen molar-refractivity contribution in [2.75, 3.05) is 62.2 Å². The molecule has 6 aromatic carbocycles. The third kappa shape index (κ3) is 7.38. The van der Waals surface area contributed by atoms with Crippen molar-refractivity contribution >= 4 is 11.4 Å². The van der Waals surface area contributed by atoms with Crippen molar-refractivity contribution in [3.8, 4) is 0 Å². The van der Waals surface area contributed by atoms with Crippen molar-refractivity contribution in [3.05, 3.63) is 203 Å². The van der Waals surface area contributed by atoms with E-state index in [1.807, 2.05) is 0 Å². The molecular weight excluding hydrogens is 689 g/mol. The second-order valence-corrected chi connectivity index (χ2v) is 15.8. The van der Waals surface area contributed by atoms with Crippen molar-refractivity contribution in [3.63, 3.8) is 0 Å². The van der Waals surface area contributed by atoms with Gasteiger partial charge in [0.1, 0.15) is 0 Å². The van der Waals surface area contributed by atoms with E-state index in [-0.39, 0.29) is 23.9 Å². The Morgan fingerprint density at radius 1 is 0.375 bits per heavy atom. The molecule has 0 spiro atoms. The number of piperazine rings is 1. The molecule has 0 amide bonds. The second kappa shape index (κ2) is 16.5. The zero-order valence-electron chi connectivity index (χ0n) is 32.0. The average Bonchev–Trinajstić information content (AvgIpc) is 3.75. The molecule has 0 unspecified atom stereocenters. The summed E-state index contributed by atoms with van der Waals surface area (Å²) in [5.41, 5.74) is 10.2. The zero-order valence-corrected chi connectivity index (χ0v) is 32.0. The molecule has 2 N–H and O–H groups in total. The highest BCUT2D eigenvalue weighted by molar-refractivity contribution is 5.67. The van der Waals surface area contributed by atoms with E-state index in [2.05, 4.69) is 189 Å². The van der Waals surface area contributed by atoms with Gasteiger partial charge >= 0.3 is 0 Å². The number of para-hydroxylation sites is 2. The summed E-state index contributed by atoms with van der Waals surface area (Å²) in [4.78, 5) is 9.69. The molecule has 0 aliphatic carbocycles. The maximum absolute atomic E-state index is 11.7. The number of nitrogens with zero attached hydrogens (tertiary/aromatic N) is 4. The van der Waals surface area contributed by atoms with E-state index in [9.17, 15) is 10.2 Å². The average molecular weight is 741 g/mol. The van der Waals surface area contributed by atoms with Gasteiger partial charge in [-0.15, -0.1) is 0 Å². The number of aliphatic hydroxyl groups excluding tert-OH is 2. The van der Waals surface area contributed by atoms with Crippen molar-refractivity contribution in [2.45, 2.75) is 36.1 Å². The van der Waals surface area contributed by atoms with E-state index in [1.54, 1.807) is 0 Å². The molecule has 6 nitrogen and oxygen atoms in total. The number of hydrogen-bond donors (Lipinski definition) is 2. The van der Waals surface area contributed by atoms with Gasteiger partial charge in [0.2, 0.25) is 0 Å². The van der Waals surface area contributed by atoms with Gasteiger partial charge in [-0.1, -0.05) is 158 Å². The van der Waals surface area contributed by atoms with Gasteiger partial charge in [-0.3, -0.25) is 9.80 Å². The molecule has 0 saturated carbocycles. The Hall–Kier alpha value is -5.24. The van der Waals surface area contributed by atoms with E-state index in [0.29, 0.717) is 26.2 Å². The van der Waals surface area contributed by atoms with E-state index in [0.717, 1.165) is 26.2 Å². The number of anilines is 2. The van der Waals surface area contributed by atoms with Crippen LogP contribution >= 0.6 is 0 Å². The topological polar surface area (TPSA) is 53.4 Å². The summed E-state index contributed by atoms with van der Waals surface area (Å²) in [5, 5.41) is 23.5. The van der Waals surface area contributed by atoms with Crippen LogP contribution in [0.3, 0.4) is 0 Å². The Labute approximate surface area is 331 Å². The molecule has 3 heterocycles. The second-order valence-electron chi connectivity index (χ2n) is 15.8. The minimum atomic E-state index is -0.511. The van der Waals surface area contributed by atoms with Gasteiger partial charge in [0, 0.05) is 75.6 Å². The molecule has 6 atom stereocenters. The summed E-state index contributed by atoms with van der Waals surface area (Å²) < 4.78 is 0. The number of aliphatic hydroxyl groups is 2. The van der Waals surface area contributed by atoms with Crippen LogP contribution in [0.1, 0.15) is 57.3 Å². The Morgan fingerprint density at radius 3 is 1.04 bits per heavy atom. The molecule has 3 aliphatic rings. The SMILES string of the molecule is O[C@H](CN1CCN(C[C@H](O)CN2c3ccccc3[C@H](c3ccccc3)[C@@H]2c2ccccc2)CC1)CN1c2ccccc2[C@H](c2ccccc2)[C@H]1c1ccccc1. The number of fused-ring (bicyclic) bond motifs is 2. The summed E-state index contributed by atoms with van der Waals surface area (Å²) in [6.45, 7) is 5.82. The van der Waals surface area contributed by atoms with Crippen molar-refractivity contribution in [1.82, 2.24) is 9.80 Å². The van der Waals surface area contributed by atoms with Gasteiger partial charge in [-0.2, -0.15) is 0 Å². The number of rotatable bonds is 12. The van der Waals surface area contributed by atoms with Gasteiger partial charge in [-0.25, -0.2) is 0 Å². The van der Waals surface area contributed by atoms with Crippen LogP contribution in [0.15, 0.2) is 170 Å². The van der Waals surface area contributed by atoms with Crippen LogP contribution in [0.5, 0.6) is 0 Å². The normalized spacial score (nSPS) is 22.1. The largest absolute Gasteiger partial charge is 0.390 e. The summed E-state index contributed by atoms with van der Waals surface area (Å²) in [5.74, 6) is 0.358. The van der Waals surface area contributed by atoms with Crippen LogP contribution in [0, 0.1) is 0 Å². The van der Waals surface area contributed by atoms with Crippen LogP contribution in [0.4, 0.5) is 11.4 Å². The lowest BCUT2D eigenvalue weighted by atomic mass is 9.84. The number of β-amino-alcohol motifs (C(OH)–C–C–N with tert-alkyl or cyclic N) is 2. The Kier molecular flexibility index (Phi) is 10.7. The van der Waals surface area contributed by atoms with E-state index >= 15 is 0 Å². The zero-order chi connectivity index (χ0) is 37.8. The molecule has 56 heavy (non-hydrogen) atoms. The molecule has 6 heteroatoms. The fourth-order valence-electron chi connectivity index (χ4n) is 9.86. The first-order chi connectivity index (χ1) is 27.6. The molecule has 0 radical (unpaired) electrons. The van der Waals surface area contributed by atoms with Crippen LogP contribution in [0.25, 0.3) is 0 Å². The first-order valence-electron chi connectivity index (χ1n) is 20.3. The third-order valence-corrected chi connectivity index (χ3v) is 12.3. The Balaban J connectivity index is 0.852. The maximum atomic E-state index is 11.7. The highest BCUT2D eigenvalue weighted by atomic mass is 16.3. The fourth-order valence-corrected chi connectivity index (χ4v) is 9.86. The minimum absolute atomic E-state index is 0.0935. The third-order valence-electron chi connectivity index (χ3n) is 12.3. The lowest BCUT2D eigenvalue weighted by molar-refractivity contribution is 0.0512. The van der Waals surface area contributed by atoms with E-state index in [4.69, 9.17) is 0 Å². The van der Waals surface area contributed by atoms with Gasteiger partial charge in [0.25, 0.3) is 0 Å². The van der Waals surface area contributed by atoms with Gasteiger partial charge < -0.3 is 20.0 Å². The standard InChI is InChI=1S/C50H52N4O2/c55-41(35-53-45-27-15-13-25-43(45)47(37-17-5-1-6-18-37)49(53)39-21-9-3-10-22-39)33-51-29-31-52(32-30-51)34-42(56)36-54-46-28-16-14-26-44(46)48(38-19-7-2-8-20-38)50(54)40-23-11-4-12-24-40/h1-28,41-42,47-50,55-56H,29-36H2/t41-,42+,47-,48-,49-,50+/m0/s1. The summed E-state index contributed by atoms with van der Waals surface area (Å²) in [6.07, 6.45) is -1.02. The van der Waals surface area contributed by atoms with E-state index < -0.39 is 12.2 Å². The van der Waals surface area contributed by atoms with Gasteiger partial charge in [0.05, 0.1) is 24.3 Å². The van der Waals surface area contributed by atoms with Crippen LogP contribution in [-0.2, 0) is 0 Å². The Morgan fingerprint density at radius 2 is 0.679 bits per heavy atom. The van der Waals surface area contributed by atoms with Gasteiger partial charge in [-0.05, 0) is 45.5 Å². The van der Waals surface area contributed by atoms with Gasteiger partial charge in [0.15, 0.2) is 0 Å². The molecule has 1 saturated heterocycles. The summed E-state index contributed by atoms with van der Waals surface area (Å²) in [6, 6.07) is 60.8. The highest BCUT2D eigenvalue weighted by Crippen LogP contribution is 2.53. The predicted octanol–water partition coefficient (Wildman–Crippen LogP) is 8.11. The monoisotopic (exact) mass is 740 g/mol.